The van der Waals surface area contributed by atoms with E-state index in [0.29, 0.717) is 5.41 Å². The van der Waals surface area contributed by atoms with Crippen LogP contribution in [0.5, 0.6) is 0 Å². The fourth-order valence-electron chi connectivity index (χ4n) is 2.79. The lowest BCUT2D eigenvalue weighted by Gasteiger charge is -2.26. The first-order chi connectivity index (χ1) is 9.39. The Balaban J connectivity index is 0. The van der Waals surface area contributed by atoms with Crippen LogP contribution >= 0.6 is 0 Å². The summed E-state index contributed by atoms with van der Waals surface area (Å²) in [7, 11) is 0. The molecule has 0 aromatic rings. The molecule has 0 bridgehead atoms. The van der Waals surface area contributed by atoms with Crippen LogP contribution in [0.2, 0.25) is 0 Å². The van der Waals surface area contributed by atoms with E-state index in [0.717, 1.165) is 11.8 Å². The maximum atomic E-state index is 4.60. The first-order valence-corrected chi connectivity index (χ1v) is 8.76. The molecule has 20 heavy (non-hydrogen) atoms. The largest absolute Gasteiger partial charge is 0.120 e. The summed E-state index contributed by atoms with van der Waals surface area (Å²) in [5, 5.41) is 0. The lowest BCUT2D eigenvalue weighted by molar-refractivity contribution is 0.262. The second-order valence-electron chi connectivity index (χ2n) is 7.23. The van der Waals surface area contributed by atoms with E-state index in [1.165, 1.54) is 51.4 Å². The molecule has 0 radical (unpaired) electrons. The Morgan fingerprint density at radius 3 is 1.95 bits per heavy atom. The van der Waals surface area contributed by atoms with E-state index in [9.17, 15) is 0 Å². The van der Waals surface area contributed by atoms with Crippen molar-refractivity contribution in [3.05, 3.63) is 0 Å². The fraction of sp³-hybridized carbons (Fsp3) is 0.900. The van der Waals surface area contributed by atoms with Gasteiger partial charge in [0.05, 0.1) is 0 Å². The molecule has 1 atom stereocenters. The third-order valence-electron chi connectivity index (χ3n) is 3.85. The van der Waals surface area contributed by atoms with Crippen LogP contribution in [0.3, 0.4) is 0 Å². The molecule has 0 aromatic heterocycles. The minimum atomic E-state index is 0.529. The molecule has 1 rings (SSSR count). The van der Waals surface area contributed by atoms with E-state index >= 15 is 0 Å². The van der Waals surface area contributed by atoms with Gasteiger partial charge in [0.2, 0.25) is 0 Å². The van der Waals surface area contributed by atoms with Crippen LogP contribution in [-0.4, -0.2) is 0 Å². The van der Waals surface area contributed by atoms with Crippen LogP contribution in [0.1, 0.15) is 99.8 Å². The Labute approximate surface area is 130 Å². The molecule has 0 spiro atoms. The highest BCUT2D eigenvalue weighted by molar-refractivity contribution is 4.73. The Kier molecular flexibility index (Phi) is 14.8. The van der Waals surface area contributed by atoms with Crippen molar-refractivity contribution in [2.75, 3.05) is 0 Å². The minimum Gasteiger partial charge on any atom is -0.120 e. The standard InChI is InChI=1S/C15H30.C3H4.C2H6/c1-13(10-11-15(2,3)4)12-14-8-6-5-7-9-14;1-3-2;1-2/h13-14H,5-12H2,1-4H3;1H,2H3;1-2H3. The quantitative estimate of drug-likeness (QED) is 0.482. The van der Waals surface area contributed by atoms with Crippen LogP contribution < -0.4 is 0 Å². The molecule has 1 fully saturated rings. The highest BCUT2D eigenvalue weighted by Gasteiger charge is 2.18. The topological polar surface area (TPSA) is 0 Å². The molecule has 0 heteroatoms. The van der Waals surface area contributed by atoms with Gasteiger partial charge in [-0.3, -0.25) is 0 Å². The van der Waals surface area contributed by atoms with Crippen LogP contribution in [0.15, 0.2) is 0 Å². The predicted molar refractivity (Wildman–Crippen MR) is 94.9 cm³/mol. The minimum absolute atomic E-state index is 0.529. The zero-order valence-electron chi connectivity index (χ0n) is 15.4. The second kappa shape index (κ2) is 13.5. The fourth-order valence-corrected chi connectivity index (χ4v) is 2.79. The Bertz CT molecular complexity index is 219. The lowest BCUT2D eigenvalue weighted by atomic mass is 9.80. The van der Waals surface area contributed by atoms with Crippen molar-refractivity contribution in [3.8, 4) is 12.3 Å². The third-order valence-corrected chi connectivity index (χ3v) is 3.85. The molecule has 120 valence electrons. The van der Waals surface area contributed by atoms with E-state index in [1.54, 1.807) is 6.92 Å². The Hall–Kier alpha value is -0.440. The highest BCUT2D eigenvalue weighted by atomic mass is 14.2. The van der Waals surface area contributed by atoms with Crippen molar-refractivity contribution in [1.82, 2.24) is 0 Å². The highest BCUT2D eigenvalue weighted by Crippen LogP contribution is 2.32. The summed E-state index contributed by atoms with van der Waals surface area (Å²) in [6.45, 7) is 15.2. The third kappa shape index (κ3) is 15.6. The Morgan fingerprint density at radius 1 is 1.10 bits per heavy atom. The van der Waals surface area contributed by atoms with E-state index in [1.807, 2.05) is 13.8 Å². The van der Waals surface area contributed by atoms with Gasteiger partial charge in [-0.25, -0.2) is 0 Å². The summed E-state index contributed by atoms with van der Waals surface area (Å²) < 4.78 is 0. The summed E-state index contributed by atoms with van der Waals surface area (Å²) >= 11 is 0. The zero-order chi connectivity index (χ0) is 16.0. The molecule has 0 aromatic carbocycles. The lowest BCUT2D eigenvalue weighted by Crippen LogP contribution is -2.13. The molecule has 0 nitrogen and oxygen atoms in total. The number of hydrogen-bond donors (Lipinski definition) is 0. The van der Waals surface area contributed by atoms with Gasteiger partial charge in [-0.05, 0) is 37.0 Å². The van der Waals surface area contributed by atoms with E-state index < -0.39 is 0 Å². The van der Waals surface area contributed by atoms with Crippen molar-refractivity contribution in [3.63, 3.8) is 0 Å². The molecule has 1 saturated carbocycles. The van der Waals surface area contributed by atoms with Gasteiger partial charge in [0.15, 0.2) is 0 Å². The van der Waals surface area contributed by atoms with Crippen molar-refractivity contribution in [2.24, 2.45) is 17.3 Å². The summed E-state index contributed by atoms with van der Waals surface area (Å²) in [6, 6.07) is 0. The second-order valence-corrected chi connectivity index (χ2v) is 7.23. The van der Waals surface area contributed by atoms with Crippen LogP contribution in [0.25, 0.3) is 0 Å². The average Bonchev–Trinajstić information content (AvgIpc) is 2.40. The van der Waals surface area contributed by atoms with E-state index in [-0.39, 0.29) is 0 Å². The van der Waals surface area contributed by atoms with Gasteiger partial charge in [-0.2, -0.15) is 0 Å². The van der Waals surface area contributed by atoms with Crippen LogP contribution in [0.4, 0.5) is 0 Å². The normalized spacial score (nSPS) is 16.9. The molecular weight excluding hydrogens is 240 g/mol. The van der Waals surface area contributed by atoms with Crippen LogP contribution in [-0.2, 0) is 0 Å². The molecular formula is C20H40. The SMILES string of the molecule is C#CC.CC.CC(CCC(C)(C)C)CC1CCCCC1. The molecule has 1 aliphatic carbocycles. The van der Waals surface area contributed by atoms with E-state index in [2.05, 4.69) is 40.0 Å². The summed E-state index contributed by atoms with van der Waals surface area (Å²) in [4.78, 5) is 0. The van der Waals surface area contributed by atoms with Gasteiger partial charge in [0.25, 0.3) is 0 Å². The smallest absolute Gasteiger partial charge is 0.00297 e. The van der Waals surface area contributed by atoms with Crippen molar-refractivity contribution in [2.45, 2.75) is 99.8 Å². The maximum Gasteiger partial charge on any atom is -0.00297 e. The Morgan fingerprint density at radius 2 is 1.55 bits per heavy atom. The average molecular weight is 281 g/mol. The number of hydrogen-bond acceptors (Lipinski definition) is 0. The maximum absolute atomic E-state index is 4.60. The summed E-state index contributed by atoms with van der Waals surface area (Å²) in [6.07, 6.45) is 16.4. The summed E-state index contributed by atoms with van der Waals surface area (Å²) in [5.41, 5.74) is 0.529. The van der Waals surface area contributed by atoms with Gasteiger partial charge < -0.3 is 0 Å². The molecule has 1 aliphatic rings. The molecule has 0 N–H and O–H groups in total. The molecule has 0 aliphatic heterocycles. The monoisotopic (exact) mass is 280 g/mol. The zero-order valence-corrected chi connectivity index (χ0v) is 15.4. The van der Waals surface area contributed by atoms with Gasteiger partial charge in [0, 0.05) is 0 Å². The first kappa shape index (κ1) is 21.9. The first-order valence-electron chi connectivity index (χ1n) is 8.76. The summed E-state index contributed by atoms with van der Waals surface area (Å²) in [5.74, 6) is 4.26. The number of terminal acetylenes is 1. The van der Waals surface area contributed by atoms with Crippen molar-refractivity contribution in [1.29, 1.82) is 0 Å². The van der Waals surface area contributed by atoms with Crippen LogP contribution in [0, 0.1) is 29.6 Å². The molecule has 0 heterocycles. The molecule has 0 saturated heterocycles. The predicted octanol–water partition coefficient (Wildman–Crippen LogP) is 7.08. The molecule has 1 unspecified atom stereocenters. The number of rotatable bonds is 4. The van der Waals surface area contributed by atoms with Gasteiger partial charge in [-0.15, -0.1) is 12.3 Å². The van der Waals surface area contributed by atoms with Crippen molar-refractivity contribution < 1.29 is 0 Å². The van der Waals surface area contributed by atoms with Gasteiger partial charge in [0.1, 0.15) is 0 Å². The molecule has 0 amide bonds. The van der Waals surface area contributed by atoms with Gasteiger partial charge >= 0.3 is 0 Å². The van der Waals surface area contributed by atoms with E-state index in [4.69, 9.17) is 0 Å². The van der Waals surface area contributed by atoms with Gasteiger partial charge in [-0.1, -0.05) is 80.1 Å². The van der Waals surface area contributed by atoms with Crippen molar-refractivity contribution >= 4 is 0 Å².